The lowest BCUT2D eigenvalue weighted by Gasteiger charge is -2.37. The van der Waals surface area contributed by atoms with Crippen LogP contribution in [0.5, 0.6) is 0 Å². The molecule has 2 heterocycles. The quantitative estimate of drug-likeness (QED) is 0.751. The first-order chi connectivity index (χ1) is 13.2. The standard InChI is InChI=1S/C21H18N4O2/c26-19(24-18-12-6-7-13-22-18)14-25-20(15-8-2-1-3-9-15)23-17-11-5-4-10-16(17)21(25)27/h1-13,20,23H,14H2,(H,22,24,26). The topological polar surface area (TPSA) is 74.3 Å². The summed E-state index contributed by atoms with van der Waals surface area (Å²) in [6.45, 7) is -0.0870. The maximum Gasteiger partial charge on any atom is 0.258 e. The number of nitrogens with one attached hydrogen (secondary N) is 2. The number of carbonyl (C=O) groups excluding carboxylic acids is 2. The van der Waals surface area contributed by atoms with Crippen LogP contribution in [0.4, 0.5) is 11.5 Å². The van der Waals surface area contributed by atoms with E-state index in [0.29, 0.717) is 11.4 Å². The van der Waals surface area contributed by atoms with E-state index < -0.39 is 6.17 Å². The molecule has 0 saturated heterocycles. The molecule has 1 atom stereocenters. The second-order valence-electron chi connectivity index (χ2n) is 6.20. The summed E-state index contributed by atoms with van der Waals surface area (Å²) in [5.74, 6) is -0.0323. The number of anilines is 2. The third-order valence-corrected chi connectivity index (χ3v) is 4.38. The zero-order chi connectivity index (χ0) is 18.6. The zero-order valence-electron chi connectivity index (χ0n) is 14.5. The first-order valence-corrected chi connectivity index (χ1v) is 8.65. The van der Waals surface area contributed by atoms with Crippen LogP contribution >= 0.6 is 0 Å². The number of nitrogens with zero attached hydrogens (tertiary/aromatic N) is 2. The van der Waals surface area contributed by atoms with Gasteiger partial charge < -0.3 is 15.5 Å². The monoisotopic (exact) mass is 358 g/mol. The fraction of sp³-hybridized carbons (Fsp3) is 0.0952. The molecule has 1 aromatic heterocycles. The average molecular weight is 358 g/mol. The molecule has 6 heteroatoms. The van der Waals surface area contributed by atoms with Crippen LogP contribution in [0.2, 0.25) is 0 Å². The van der Waals surface area contributed by atoms with Crippen molar-refractivity contribution in [2.24, 2.45) is 0 Å². The Morgan fingerprint density at radius 1 is 1.00 bits per heavy atom. The Morgan fingerprint density at radius 3 is 2.52 bits per heavy atom. The van der Waals surface area contributed by atoms with Gasteiger partial charge in [0.05, 0.1) is 5.56 Å². The van der Waals surface area contributed by atoms with Gasteiger partial charge in [0.2, 0.25) is 5.91 Å². The van der Waals surface area contributed by atoms with Crippen LogP contribution in [0, 0.1) is 0 Å². The van der Waals surface area contributed by atoms with Crippen molar-refractivity contribution in [1.82, 2.24) is 9.88 Å². The summed E-state index contributed by atoms with van der Waals surface area (Å²) in [6, 6.07) is 22.2. The number of fused-ring (bicyclic) bond motifs is 1. The van der Waals surface area contributed by atoms with Gasteiger partial charge in [-0.3, -0.25) is 9.59 Å². The summed E-state index contributed by atoms with van der Waals surface area (Å²) in [5.41, 5.74) is 2.22. The van der Waals surface area contributed by atoms with E-state index in [0.717, 1.165) is 11.3 Å². The summed E-state index contributed by atoms with van der Waals surface area (Å²) >= 11 is 0. The summed E-state index contributed by atoms with van der Waals surface area (Å²) in [7, 11) is 0. The van der Waals surface area contributed by atoms with E-state index in [1.54, 1.807) is 30.5 Å². The van der Waals surface area contributed by atoms with E-state index >= 15 is 0 Å². The number of amides is 2. The van der Waals surface area contributed by atoms with Crippen LogP contribution in [0.3, 0.4) is 0 Å². The van der Waals surface area contributed by atoms with Crippen molar-refractivity contribution in [1.29, 1.82) is 0 Å². The van der Waals surface area contributed by atoms with Crippen molar-refractivity contribution in [2.45, 2.75) is 6.17 Å². The Balaban J connectivity index is 1.63. The van der Waals surface area contributed by atoms with Crippen molar-refractivity contribution in [3.05, 3.63) is 90.1 Å². The molecule has 0 radical (unpaired) electrons. The first kappa shape index (κ1) is 16.8. The number of carbonyl (C=O) groups is 2. The first-order valence-electron chi connectivity index (χ1n) is 8.65. The Hall–Kier alpha value is -3.67. The Morgan fingerprint density at radius 2 is 1.74 bits per heavy atom. The summed E-state index contributed by atoms with van der Waals surface area (Å²) in [5, 5.41) is 6.11. The number of aromatic nitrogens is 1. The molecular formula is C21H18N4O2. The molecule has 0 spiro atoms. The highest BCUT2D eigenvalue weighted by molar-refractivity contribution is 6.04. The van der Waals surface area contributed by atoms with Crippen molar-refractivity contribution < 1.29 is 9.59 Å². The van der Waals surface area contributed by atoms with E-state index in [1.165, 1.54) is 4.90 Å². The molecule has 1 unspecified atom stereocenters. The smallest absolute Gasteiger partial charge is 0.258 e. The lowest BCUT2D eigenvalue weighted by Crippen LogP contribution is -2.46. The molecule has 2 N–H and O–H groups in total. The predicted octanol–water partition coefficient (Wildman–Crippen LogP) is 3.29. The third-order valence-electron chi connectivity index (χ3n) is 4.38. The van der Waals surface area contributed by atoms with Crippen molar-refractivity contribution in [3.8, 4) is 0 Å². The van der Waals surface area contributed by atoms with Gasteiger partial charge in [-0.15, -0.1) is 0 Å². The Kier molecular flexibility index (Phi) is 4.53. The van der Waals surface area contributed by atoms with Crippen LogP contribution in [-0.2, 0) is 4.79 Å². The maximum atomic E-state index is 13.1. The molecule has 1 aliphatic heterocycles. The molecule has 27 heavy (non-hydrogen) atoms. The highest BCUT2D eigenvalue weighted by atomic mass is 16.2. The second-order valence-corrected chi connectivity index (χ2v) is 6.20. The molecule has 134 valence electrons. The largest absolute Gasteiger partial charge is 0.361 e. The van der Waals surface area contributed by atoms with Gasteiger partial charge >= 0.3 is 0 Å². The number of pyridine rings is 1. The molecular weight excluding hydrogens is 340 g/mol. The molecule has 0 saturated carbocycles. The lowest BCUT2D eigenvalue weighted by molar-refractivity contribution is -0.117. The Labute approximate surface area is 156 Å². The fourth-order valence-corrected chi connectivity index (χ4v) is 3.13. The number of benzene rings is 2. The SMILES string of the molecule is O=C(CN1C(=O)c2ccccc2NC1c1ccccc1)Nc1ccccn1. The van der Waals surface area contributed by atoms with Crippen LogP contribution in [0.25, 0.3) is 0 Å². The van der Waals surface area contributed by atoms with E-state index in [9.17, 15) is 9.59 Å². The Bertz CT molecular complexity index is 960. The minimum atomic E-state index is -0.428. The van der Waals surface area contributed by atoms with Gasteiger partial charge in [-0.1, -0.05) is 48.5 Å². The van der Waals surface area contributed by atoms with Crippen LogP contribution in [0.15, 0.2) is 79.0 Å². The second kappa shape index (κ2) is 7.29. The minimum Gasteiger partial charge on any atom is -0.361 e. The van der Waals surface area contributed by atoms with Crippen LogP contribution < -0.4 is 10.6 Å². The van der Waals surface area contributed by atoms with Gasteiger partial charge in [-0.25, -0.2) is 4.98 Å². The van der Waals surface area contributed by atoms with E-state index in [-0.39, 0.29) is 18.4 Å². The number of hydrogen-bond acceptors (Lipinski definition) is 4. The molecule has 1 aliphatic rings. The highest BCUT2D eigenvalue weighted by Gasteiger charge is 2.33. The van der Waals surface area contributed by atoms with Crippen molar-refractivity contribution >= 4 is 23.3 Å². The van der Waals surface area contributed by atoms with E-state index in [1.807, 2.05) is 48.5 Å². The molecule has 3 aromatic rings. The molecule has 6 nitrogen and oxygen atoms in total. The average Bonchev–Trinajstić information content (AvgIpc) is 2.71. The van der Waals surface area contributed by atoms with E-state index in [2.05, 4.69) is 15.6 Å². The number of hydrogen-bond donors (Lipinski definition) is 2. The number of rotatable bonds is 4. The van der Waals surface area contributed by atoms with Crippen LogP contribution in [0.1, 0.15) is 22.1 Å². The zero-order valence-corrected chi connectivity index (χ0v) is 14.5. The predicted molar refractivity (Wildman–Crippen MR) is 103 cm³/mol. The number of para-hydroxylation sites is 1. The van der Waals surface area contributed by atoms with Crippen molar-refractivity contribution in [2.75, 3.05) is 17.2 Å². The lowest BCUT2D eigenvalue weighted by atomic mass is 10.0. The minimum absolute atomic E-state index is 0.0870. The molecule has 2 aromatic carbocycles. The van der Waals surface area contributed by atoms with Gasteiger partial charge in [0, 0.05) is 11.9 Å². The van der Waals surface area contributed by atoms with Gasteiger partial charge in [-0.2, -0.15) is 0 Å². The molecule has 0 bridgehead atoms. The fourth-order valence-electron chi connectivity index (χ4n) is 3.13. The van der Waals surface area contributed by atoms with Gasteiger partial charge in [0.15, 0.2) is 0 Å². The summed E-state index contributed by atoms with van der Waals surface area (Å²) in [6.07, 6.45) is 1.18. The van der Waals surface area contributed by atoms with E-state index in [4.69, 9.17) is 0 Å². The summed E-state index contributed by atoms with van der Waals surface area (Å²) < 4.78 is 0. The maximum absolute atomic E-state index is 13.1. The highest BCUT2D eigenvalue weighted by Crippen LogP contribution is 2.32. The van der Waals surface area contributed by atoms with Gasteiger partial charge in [-0.05, 0) is 29.8 Å². The van der Waals surface area contributed by atoms with Crippen molar-refractivity contribution in [3.63, 3.8) is 0 Å². The molecule has 4 rings (SSSR count). The molecule has 0 fully saturated rings. The molecule has 2 amide bonds. The third kappa shape index (κ3) is 3.50. The summed E-state index contributed by atoms with van der Waals surface area (Å²) in [4.78, 5) is 31.3. The van der Waals surface area contributed by atoms with Gasteiger partial charge in [0.25, 0.3) is 5.91 Å². The van der Waals surface area contributed by atoms with Gasteiger partial charge in [0.1, 0.15) is 18.5 Å². The normalized spacial score (nSPS) is 15.6. The molecule has 0 aliphatic carbocycles. The van der Waals surface area contributed by atoms with Crippen LogP contribution in [-0.4, -0.2) is 28.2 Å².